The summed E-state index contributed by atoms with van der Waals surface area (Å²) in [6.45, 7) is 2.80. The molecule has 0 aromatic carbocycles. The number of nitrogens with zero attached hydrogens (tertiary/aromatic N) is 3. The molecule has 2 aromatic heterocycles. The molecule has 3 rings (SSSR count). The van der Waals surface area contributed by atoms with Crippen molar-refractivity contribution in [2.75, 3.05) is 12.4 Å². The molecule has 2 atom stereocenters. The van der Waals surface area contributed by atoms with Crippen LogP contribution in [0.5, 0.6) is 0 Å². The minimum Gasteiger partial charge on any atom is -0.322 e. The number of nitrogens with one attached hydrogen (secondary N) is 2. The summed E-state index contributed by atoms with van der Waals surface area (Å²) in [5.41, 5.74) is 0.565. The summed E-state index contributed by atoms with van der Waals surface area (Å²) >= 11 is 1.47. The number of aromatic nitrogens is 2. The molecule has 25 heavy (non-hydrogen) atoms. The van der Waals surface area contributed by atoms with Gasteiger partial charge in [-0.1, -0.05) is 13.0 Å². The van der Waals surface area contributed by atoms with Gasteiger partial charge in [0.1, 0.15) is 6.04 Å². The summed E-state index contributed by atoms with van der Waals surface area (Å²) in [6, 6.07) is 2.55. The zero-order valence-electron chi connectivity index (χ0n) is 14.0. The molecule has 8 nitrogen and oxygen atoms in total. The lowest BCUT2D eigenvalue weighted by atomic mass is 10.1. The average Bonchev–Trinajstić information content (AvgIpc) is 3.22. The van der Waals surface area contributed by atoms with Crippen LogP contribution in [0.25, 0.3) is 0 Å². The molecule has 0 unspecified atom stereocenters. The van der Waals surface area contributed by atoms with Crippen molar-refractivity contribution in [2.24, 2.45) is 0 Å². The van der Waals surface area contributed by atoms with Crippen LogP contribution in [0, 0.1) is 0 Å². The van der Waals surface area contributed by atoms with E-state index in [0.717, 1.165) is 22.1 Å². The Morgan fingerprint density at radius 3 is 3.00 bits per heavy atom. The third-order valence-corrected chi connectivity index (χ3v) is 6.69. The van der Waals surface area contributed by atoms with E-state index in [1.165, 1.54) is 18.4 Å². The Labute approximate surface area is 151 Å². The quantitative estimate of drug-likeness (QED) is 0.819. The van der Waals surface area contributed by atoms with Crippen molar-refractivity contribution in [3.05, 3.63) is 34.8 Å². The van der Waals surface area contributed by atoms with Gasteiger partial charge in [-0.3, -0.25) is 9.48 Å². The number of hydrogen-bond donors (Lipinski definition) is 2. The van der Waals surface area contributed by atoms with Crippen LogP contribution in [0.2, 0.25) is 0 Å². The molecule has 1 aliphatic heterocycles. The number of carbonyl (C=O) groups excluding carboxylic acids is 1. The van der Waals surface area contributed by atoms with Gasteiger partial charge in [-0.05, 0) is 24.3 Å². The molecule has 1 saturated heterocycles. The van der Waals surface area contributed by atoms with E-state index in [9.17, 15) is 13.2 Å². The van der Waals surface area contributed by atoms with Crippen molar-refractivity contribution in [3.8, 4) is 0 Å². The van der Waals surface area contributed by atoms with Gasteiger partial charge in [0.15, 0.2) is 0 Å². The largest absolute Gasteiger partial charge is 0.322 e. The number of hydrogen-bond acceptors (Lipinski definition) is 5. The first-order valence-corrected chi connectivity index (χ1v) is 10.3. The molecule has 10 heteroatoms. The van der Waals surface area contributed by atoms with Crippen molar-refractivity contribution in [1.29, 1.82) is 0 Å². The second kappa shape index (κ2) is 7.24. The van der Waals surface area contributed by atoms with Gasteiger partial charge in [0.25, 0.3) is 10.2 Å². The SMILES string of the molecule is CCCn1cc(NC(=O)[C@H]2C[C@@H](c3cccs3)NS(=O)(=O)N2C)cn1. The van der Waals surface area contributed by atoms with E-state index in [2.05, 4.69) is 15.1 Å². The maximum atomic E-state index is 12.7. The predicted octanol–water partition coefficient (Wildman–Crippen LogP) is 1.57. The third kappa shape index (κ3) is 3.92. The second-order valence-corrected chi connectivity index (χ2v) is 8.68. The Bertz CT molecular complexity index is 831. The maximum Gasteiger partial charge on any atom is 0.280 e. The standard InChI is InChI=1S/C15H21N5O3S2/c1-3-6-20-10-11(9-16-20)17-15(21)13-8-12(14-5-4-7-24-14)18-25(22,23)19(13)2/h4-5,7,9-10,12-13,18H,3,6,8H2,1-2H3,(H,17,21)/t12-,13+/m0/s1. The minimum atomic E-state index is -3.72. The number of rotatable bonds is 5. The van der Waals surface area contributed by atoms with Crippen LogP contribution in [-0.4, -0.2) is 41.5 Å². The fourth-order valence-corrected chi connectivity index (χ4v) is 4.92. The molecule has 0 aliphatic carbocycles. The van der Waals surface area contributed by atoms with Gasteiger partial charge in [0.2, 0.25) is 5.91 Å². The summed E-state index contributed by atoms with van der Waals surface area (Å²) in [7, 11) is -2.30. The van der Waals surface area contributed by atoms with E-state index >= 15 is 0 Å². The molecule has 1 amide bonds. The third-order valence-electron chi connectivity index (χ3n) is 4.11. The number of anilines is 1. The molecule has 0 bridgehead atoms. The van der Waals surface area contributed by atoms with Crippen molar-refractivity contribution in [1.82, 2.24) is 18.8 Å². The van der Waals surface area contributed by atoms with Crippen LogP contribution < -0.4 is 10.0 Å². The number of thiophene rings is 1. The Hall–Kier alpha value is -1.75. The predicted molar refractivity (Wildman–Crippen MR) is 96.4 cm³/mol. The Balaban J connectivity index is 1.77. The summed E-state index contributed by atoms with van der Waals surface area (Å²) in [5, 5.41) is 8.83. The normalized spacial score (nSPS) is 23.4. The van der Waals surface area contributed by atoms with E-state index < -0.39 is 22.3 Å². The lowest BCUT2D eigenvalue weighted by Crippen LogP contribution is -2.55. The number of aryl methyl sites for hydroxylation is 1. The van der Waals surface area contributed by atoms with E-state index in [0.29, 0.717) is 12.1 Å². The van der Waals surface area contributed by atoms with E-state index in [4.69, 9.17) is 0 Å². The fraction of sp³-hybridized carbons (Fsp3) is 0.467. The molecular weight excluding hydrogens is 362 g/mol. The molecule has 3 heterocycles. The van der Waals surface area contributed by atoms with Gasteiger partial charge in [-0.15, -0.1) is 11.3 Å². The second-order valence-electron chi connectivity index (χ2n) is 5.94. The van der Waals surface area contributed by atoms with Gasteiger partial charge < -0.3 is 5.32 Å². The highest BCUT2D eigenvalue weighted by molar-refractivity contribution is 7.87. The van der Waals surface area contributed by atoms with Crippen LogP contribution in [0.4, 0.5) is 5.69 Å². The summed E-state index contributed by atoms with van der Waals surface area (Å²) in [6.07, 6.45) is 4.62. The molecular formula is C15H21N5O3S2. The lowest BCUT2D eigenvalue weighted by molar-refractivity contribution is -0.120. The summed E-state index contributed by atoms with van der Waals surface area (Å²) in [5.74, 6) is -0.356. The van der Waals surface area contributed by atoms with Crippen LogP contribution in [0.3, 0.4) is 0 Å². The molecule has 1 aliphatic rings. The Morgan fingerprint density at radius 2 is 2.32 bits per heavy atom. The number of likely N-dealkylation sites (N-methyl/N-ethyl adjacent to an activating group) is 1. The zero-order valence-corrected chi connectivity index (χ0v) is 15.7. The van der Waals surface area contributed by atoms with Crippen LogP contribution in [0.1, 0.15) is 30.7 Å². The van der Waals surface area contributed by atoms with Gasteiger partial charge in [0, 0.05) is 24.7 Å². The van der Waals surface area contributed by atoms with Crippen LogP contribution in [-0.2, 0) is 21.5 Å². The van der Waals surface area contributed by atoms with Crippen LogP contribution in [0.15, 0.2) is 29.9 Å². The van der Waals surface area contributed by atoms with Gasteiger partial charge in [-0.2, -0.15) is 22.5 Å². The first kappa shape index (κ1) is 18.1. The van der Waals surface area contributed by atoms with Crippen molar-refractivity contribution < 1.29 is 13.2 Å². The molecule has 136 valence electrons. The minimum absolute atomic E-state index is 0.356. The molecule has 0 spiro atoms. The molecule has 2 aromatic rings. The first-order valence-electron chi connectivity index (χ1n) is 8.02. The molecule has 1 fully saturated rings. The highest BCUT2D eigenvalue weighted by Crippen LogP contribution is 2.30. The summed E-state index contributed by atoms with van der Waals surface area (Å²) < 4.78 is 30.2. The smallest absolute Gasteiger partial charge is 0.280 e. The Kier molecular flexibility index (Phi) is 5.23. The number of amides is 1. The van der Waals surface area contributed by atoms with Gasteiger partial charge in [0.05, 0.1) is 17.9 Å². The monoisotopic (exact) mass is 383 g/mol. The first-order chi connectivity index (χ1) is 11.9. The lowest BCUT2D eigenvalue weighted by Gasteiger charge is -2.35. The highest BCUT2D eigenvalue weighted by Gasteiger charge is 2.40. The maximum absolute atomic E-state index is 12.7. The van der Waals surface area contributed by atoms with Crippen molar-refractivity contribution in [2.45, 2.75) is 38.4 Å². The topological polar surface area (TPSA) is 96.3 Å². The average molecular weight is 383 g/mol. The van der Waals surface area contributed by atoms with Gasteiger partial charge >= 0.3 is 0 Å². The zero-order chi connectivity index (χ0) is 18.0. The highest BCUT2D eigenvalue weighted by atomic mass is 32.2. The van der Waals surface area contributed by atoms with E-state index in [1.807, 2.05) is 24.4 Å². The van der Waals surface area contributed by atoms with E-state index in [-0.39, 0.29) is 5.91 Å². The molecule has 2 N–H and O–H groups in total. The van der Waals surface area contributed by atoms with E-state index in [1.54, 1.807) is 17.1 Å². The fourth-order valence-electron chi connectivity index (χ4n) is 2.79. The Morgan fingerprint density at radius 1 is 1.52 bits per heavy atom. The molecule has 0 radical (unpaired) electrons. The summed E-state index contributed by atoms with van der Waals surface area (Å²) in [4.78, 5) is 13.6. The number of carbonyl (C=O) groups is 1. The van der Waals surface area contributed by atoms with Gasteiger partial charge in [-0.25, -0.2) is 0 Å². The molecule has 0 saturated carbocycles. The van der Waals surface area contributed by atoms with Crippen molar-refractivity contribution >= 4 is 33.1 Å². The van der Waals surface area contributed by atoms with Crippen LogP contribution >= 0.6 is 11.3 Å². The van der Waals surface area contributed by atoms with Crippen molar-refractivity contribution in [3.63, 3.8) is 0 Å².